The summed E-state index contributed by atoms with van der Waals surface area (Å²) in [4.78, 5) is 16.2. The number of rotatable bonds is 7. The van der Waals surface area contributed by atoms with E-state index in [0.29, 0.717) is 11.7 Å². The first-order valence-electron chi connectivity index (χ1n) is 6.78. The third kappa shape index (κ3) is 5.53. The summed E-state index contributed by atoms with van der Waals surface area (Å²) in [5.74, 6) is 0.0382. The van der Waals surface area contributed by atoms with Crippen LogP contribution >= 0.6 is 46.4 Å². The number of aliphatic hydroxyl groups is 1. The van der Waals surface area contributed by atoms with E-state index in [1.807, 2.05) is 0 Å². The molecule has 0 bridgehead atoms. The molecule has 0 amide bonds. The Hall–Kier alpha value is -0.990. The Morgan fingerprint density at radius 3 is 2.50 bits per heavy atom. The third-order valence-electron chi connectivity index (χ3n) is 3.11. The summed E-state index contributed by atoms with van der Waals surface area (Å²) in [6, 6.07) is 3.35. The number of halogens is 4. The van der Waals surface area contributed by atoms with Crippen LogP contribution in [0.4, 0.5) is 0 Å². The standard InChI is InChI=1S/C13H16Cl4N4O3/c1-3-20(7-8-4-5-9(14)19-6-8)12(18-2)10(21(23)24)11(22)13(15,16)17/h4-6,11,18,22H,3,7H2,1-2H3. The fourth-order valence-corrected chi connectivity index (χ4v) is 2.41. The molecule has 11 heteroatoms. The monoisotopic (exact) mass is 416 g/mol. The maximum Gasteiger partial charge on any atom is 0.318 e. The fourth-order valence-electron chi connectivity index (χ4n) is 1.99. The first-order valence-corrected chi connectivity index (χ1v) is 8.29. The zero-order valence-electron chi connectivity index (χ0n) is 12.8. The number of nitro groups is 1. The van der Waals surface area contributed by atoms with E-state index >= 15 is 0 Å². The van der Waals surface area contributed by atoms with E-state index in [0.717, 1.165) is 5.56 Å². The van der Waals surface area contributed by atoms with E-state index in [1.165, 1.54) is 7.05 Å². The Bertz CT molecular complexity index is 604. The molecule has 1 unspecified atom stereocenters. The molecule has 0 saturated carbocycles. The fraction of sp³-hybridized carbons (Fsp3) is 0.462. The Labute approximate surface area is 159 Å². The van der Waals surface area contributed by atoms with Gasteiger partial charge in [-0.2, -0.15) is 0 Å². The van der Waals surface area contributed by atoms with E-state index in [-0.39, 0.29) is 12.4 Å². The van der Waals surface area contributed by atoms with Crippen molar-refractivity contribution in [3.8, 4) is 0 Å². The minimum absolute atomic E-state index is 0.0382. The summed E-state index contributed by atoms with van der Waals surface area (Å²) in [5, 5.41) is 24.5. The SMILES string of the molecule is CCN(Cc1ccc(Cl)nc1)C(NC)=C(C(O)C(Cl)(Cl)Cl)[N+](=O)[O-]. The van der Waals surface area contributed by atoms with Gasteiger partial charge in [-0.1, -0.05) is 52.5 Å². The van der Waals surface area contributed by atoms with Crippen LogP contribution in [0.2, 0.25) is 5.15 Å². The minimum atomic E-state index is -2.24. The van der Waals surface area contributed by atoms with Crippen molar-refractivity contribution in [2.75, 3.05) is 13.6 Å². The van der Waals surface area contributed by atoms with Crippen LogP contribution in [0.25, 0.3) is 0 Å². The van der Waals surface area contributed by atoms with Crippen molar-refractivity contribution in [2.45, 2.75) is 23.4 Å². The molecule has 1 aromatic rings. The van der Waals surface area contributed by atoms with Crippen molar-refractivity contribution in [3.05, 3.63) is 50.7 Å². The molecule has 0 spiro atoms. The maximum atomic E-state index is 11.4. The summed E-state index contributed by atoms with van der Waals surface area (Å²) in [6.45, 7) is 2.46. The first-order chi connectivity index (χ1) is 11.1. The van der Waals surface area contributed by atoms with Gasteiger partial charge in [0.15, 0.2) is 11.9 Å². The van der Waals surface area contributed by atoms with Gasteiger partial charge < -0.3 is 15.3 Å². The number of hydrogen-bond acceptors (Lipinski definition) is 6. The lowest BCUT2D eigenvalue weighted by molar-refractivity contribution is -0.438. The van der Waals surface area contributed by atoms with Crippen molar-refractivity contribution in [3.63, 3.8) is 0 Å². The Morgan fingerprint density at radius 2 is 2.12 bits per heavy atom. The number of alkyl halides is 3. The molecule has 0 fully saturated rings. The van der Waals surface area contributed by atoms with Crippen LogP contribution in [0.1, 0.15) is 12.5 Å². The Kier molecular flexibility index (Phi) is 7.82. The maximum absolute atomic E-state index is 11.4. The van der Waals surface area contributed by atoms with Gasteiger partial charge in [-0.25, -0.2) is 4.98 Å². The molecule has 1 rings (SSSR count). The molecule has 0 radical (unpaired) electrons. The smallest absolute Gasteiger partial charge is 0.318 e. The van der Waals surface area contributed by atoms with Crippen LogP contribution in [0, 0.1) is 10.1 Å². The van der Waals surface area contributed by atoms with Gasteiger partial charge in [0.2, 0.25) is 3.79 Å². The molecular weight excluding hydrogens is 402 g/mol. The molecule has 1 aromatic heterocycles. The Balaban J connectivity index is 3.28. The van der Waals surface area contributed by atoms with E-state index in [2.05, 4.69) is 10.3 Å². The number of aromatic nitrogens is 1. The van der Waals surface area contributed by atoms with Crippen LogP contribution in [0.5, 0.6) is 0 Å². The van der Waals surface area contributed by atoms with Gasteiger partial charge in [0, 0.05) is 26.3 Å². The average Bonchev–Trinajstić information content (AvgIpc) is 2.50. The van der Waals surface area contributed by atoms with E-state index in [9.17, 15) is 15.2 Å². The molecule has 24 heavy (non-hydrogen) atoms. The second-order valence-corrected chi connectivity index (χ2v) is 7.44. The van der Waals surface area contributed by atoms with Crippen molar-refractivity contribution < 1.29 is 10.0 Å². The van der Waals surface area contributed by atoms with Crippen molar-refractivity contribution >= 4 is 46.4 Å². The molecule has 134 valence electrons. The van der Waals surface area contributed by atoms with Crippen LogP contribution in [0.15, 0.2) is 29.8 Å². The lowest BCUT2D eigenvalue weighted by Crippen LogP contribution is -2.39. The lowest BCUT2D eigenvalue weighted by Gasteiger charge is -2.27. The van der Waals surface area contributed by atoms with E-state index in [1.54, 1.807) is 30.2 Å². The van der Waals surface area contributed by atoms with Crippen molar-refractivity contribution in [1.29, 1.82) is 0 Å². The van der Waals surface area contributed by atoms with Gasteiger partial charge in [0.05, 0.1) is 4.92 Å². The first kappa shape index (κ1) is 21.1. The summed E-state index contributed by atoms with van der Waals surface area (Å²) in [5.41, 5.74) is 0.126. The highest BCUT2D eigenvalue weighted by molar-refractivity contribution is 6.68. The summed E-state index contributed by atoms with van der Waals surface area (Å²) >= 11 is 22.6. The zero-order valence-corrected chi connectivity index (χ0v) is 15.9. The van der Waals surface area contributed by atoms with Gasteiger partial charge in [0.25, 0.3) is 0 Å². The second kappa shape index (κ2) is 8.92. The topological polar surface area (TPSA) is 91.5 Å². The molecule has 0 aliphatic heterocycles. The highest BCUT2D eigenvalue weighted by atomic mass is 35.6. The van der Waals surface area contributed by atoms with Crippen molar-refractivity contribution in [2.24, 2.45) is 0 Å². The molecular formula is C13H16Cl4N4O3. The number of hydrogen-bond donors (Lipinski definition) is 2. The highest BCUT2D eigenvalue weighted by Gasteiger charge is 2.43. The number of nitrogens with zero attached hydrogens (tertiary/aromatic N) is 3. The van der Waals surface area contributed by atoms with Crippen LogP contribution in [-0.4, -0.2) is 43.4 Å². The number of pyridine rings is 1. The van der Waals surface area contributed by atoms with Crippen LogP contribution < -0.4 is 5.32 Å². The Morgan fingerprint density at radius 1 is 1.50 bits per heavy atom. The van der Waals surface area contributed by atoms with Gasteiger partial charge >= 0.3 is 5.70 Å². The van der Waals surface area contributed by atoms with Gasteiger partial charge in [0.1, 0.15) is 5.15 Å². The minimum Gasteiger partial charge on any atom is -0.378 e. The molecule has 0 aromatic carbocycles. The molecule has 1 heterocycles. The summed E-state index contributed by atoms with van der Waals surface area (Å²) in [7, 11) is 1.48. The normalized spacial score (nSPS) is 14.0. The van der Waals surface area contributed by atoms with Crippen LogP contribution in [-0.2, 0) is 6.54 Å². The summed E-state index contributed by atoms with van der Waals surface area (Å²) < 4.78 is -2.24. The van der Waals surface area contributed by atoms with Gasteiger partial charge in [-0.05, 0) is 18.6 Å². The average molecular weight is 418 g/mol. The number of nitrogens with one attached hydrogen (secondary N) is 1. The molecule has 0 aliphatic rings. The van der Waals surface area contributed by atoms with Gasteiger partial charge in [-0.3, -0.25) is 10.1 Å². The molecule has 1 atom stereocenters. The molecule has 7 nitrogen and oxygen atoms in total. The van der Waals surface area contributed by atoms with Gasteiger partial charge in [-0.15, -0.1) is 0 Å². The third-order valence-corrected chi connectivity index (χ3v) is 3.95. The molecule has 0 saturated heterocycles. The predicted octanol–water partition coefficient (Wildman–Crippen LogP) is 2.95. The lowest BCUT2D eigenvalue weighted by atomic mass is 10.2. The number of aliphatic hydroxyl groups excluding tert-OH is 1. The second-order valence-electron chi connectivity index (χ2n) is 4.69. The largest absolute Gasteiger partial charge is 0.378 e. The highest BCUT2D eigenvalue weighted by Crippen LogP contribution is 2.35. The molecule has 0 aliphatic carbocycles. The zero-order chi connectivity index (χ0) is 18.5. The van der Waals surface area contributed by atoms with Crippen LogP contribution in [0.3, 0.4) is 0 Å². The summed E-state index contributed by atoms with van der Waals surface area (Å²) in [6.07, 6.45) is -0.368. The molecule has 2 N–H and O–H groups in total. The van der Waals surface area contributed by atoms with Crippen molar-refractivity contribution in [1.82, 2.24) is 15.2 Å². The van der Waals surface area contributed by atoms with E-state index in [4.69, 9.17) is 46.4 Å². The quantitative estimate of drug-likeness (QED) is 0.306. The van der Waals surface area contributed by atoms with E-state index < -0.39 is 20.5 Å². The predicted molar refractivity (Wildman–Crippen MR) is 94.7 cm³/mol.